The zero-order valence-electron chi connectivity index (χ0n) is 16.5. The SMILES string of the molecule is COCC1=C(C(=O)OCC2CC2)C(c2ccc(F)c(F)c2OC)C(C#N)=C(C)N1. The first kappa shape index (κ1) is 20.8. The summed E-state index contributed by atoms with van der Waals surface area (Å²) in [6, 6.07) is 4.34. The number of carbonyl (C=O) groups excluding carboxylic acids is 1. The van der Waals surface area contributed by atoms with E-state index in [2.05, 4.69) is 11.4 Å². The molecule has 1 heterocycles. The van der Waals surface area contributed by atoms with Crippen molar-refractivity contribution >= 4 is 5.97 Å². The number of ether oxygens (including phenoxy) is 3. The first-order valence-electron chi connectivity index (χ1n) is 9.21. The zero-order chi connectivity index (χ0) is 21.1. The Hall–Kier alpha value is -2.92. The molecule has 0 bridgehead atoms. The van der Waals surface area contributed by atoms with E-state index < -0.39 is 23.5 Å². The van der Waals surface area contributed by atoms with Crippen LogP contribution in [0.4, 0.5) is 8.78 Å². The number of dihydropyridines is 1. The van der Waals surface area contributed by atoms with Crippen molar-refractivity contribution in [3.05, 3.63) is 51.9 Å². The number of rotatable bonds is 7. The molecule has 1 fully saturated rings. The number of hydrogen-bond acceptors (Lipinski definition) is 6. The zero-order valence-corrected chi connectivity index (χ0v) is 16.5. The van der Waals surface area contributed by atoms with Crippen molar-refractivity contribution in [2.45, 2.75) is 25.7 Å². The molecule has 1 unspecified atom stereocenters. The number of esters is 1. The average Bonchev–Trinajstić information content (AvgIpc) is 3.52. The number of carbonyl (C=O) groups is 1. The van der Waals surface area contributed by atoms with E-state index in [1.54, 1.807) is 6.92 Å². The van der Waals surface area contributed by atoms with Gasteiger partial charge in [0.1, 0.15) is 0 Å². The first-order chi connectivity index (χ1) is 13.9. The summed E-state index contributed by atoms with van der Waals surface area (Å²) >= 11 is 0. The van der Waals surface area contributed by atoms with Crippen molar-refractivity contribution < 1.29 is 27.8 Å². The highest BCUT2D eigenvalue weighted by molar-refractivity contribution is 5.93. The van der Waals surface area contributed by atoms with E-state index in [1.807, 2.05) is 0 Å². The Morgan fingerprint density at radius 2 is 2.03 bits per heavy atom. The number of hydrogen-bond donors (Lipinski definition) is 1. The molecule has 1 N–H and O–H groups in total. The van der Waals surface area contributed by atoms with E-state index in [0.717, 1.165) is 18.9 Å². The van der Waals surface area contributed by atoms with Crippen LogP contribution in [0.1, 0.15) is 31.2 Å². The molecule has 0 radical (unpaired) electrons. The minimum absolute atomic E-state index is 0.0480. The first-order valence-corrected chi connectivity index (χ1v) is 9.21. The Balaban J connectivity index is 2.16. The Kier molecular flexibility index (Phi) is 6.18. The minimum Gasteiger partial charge on any atom is -0.493 e. The molecule has 8 heteroatoms. The maximum absolute atomic E-state index is 14.4. The van der Waals surface area contributed by atoms with Crippen molar-refractivity contribution in [1.82, 2.24) is 5.32 Å². The lowest BCUT2D eigenvalue weighted by Gasteiger charge is -2.30. The third kappa shape index (κ3) is 4.10. The van der Waals surface area contributed by atoms with Crippen LogP contribution in [-0.2, 0) is 14.3 Å². The van der Waals surface area contributed by atoms with E-state index in [1.165, 1.54) is 20.3 Å². The summed E-state index contributed by atoms with van der Waals surface area (Å²) in [5.41, 5.74) is 1.36. The molecule has 1 aliphatic carbocycles. The summed E-state index contributed by atoms with van der Waals surface area (Å²) in [6.07, 6.45) is 2.00. The van der Waals surface area contributed by atoms with Gasteiger partial charge in [0.05, 0.1) is 49.2 Å². The van der Waals surface area contributed by atoms with Gasteiger partial charge in [-0.05, 0) is 31.7 Å². The van der Waals surface area contributed by atoms with Gasteiger partial charge in [0.2, 0.25) is 5.82 Å². The van der Waals surface area contributed by atoms with Crippen molar-refractivity contribution in [1.29, 1.82) is 5.26 Å². The van der Waals surface area contributed by atoms with Crippen LogP contribution in [-0.4, -0.2) is 33.4 Å². The smallest absolute Gasteiger partial charge is 0.336 e. The second-order valence-corrected chi connectivity index (χ2v) is 7.06. The molecule has 0 amide bonds. The third-order valence-corrected chi connectivity index (χ3v) is 5.02. The third-order valence-electron chi connectivity index (χ3n) is 5.02. The molecule has 1 atom stereocenters. The van der Waals surface area contributed by atoms with Crippen LogP contribution < -0.4 is 10.1 Å². The molecule has 154 valence electrons. The van der Waals surface area contributed by atoms with Gasteiger partial charge in [-0.25, -0.2) is 9.18 Å². The summed E-state index contributed by atoms with van der Waals surface area (Å²) in [7, 11) is 2.67. The maximum atomic E-state index is 14.4. The minimum atomic E-state index is -1.18. The van der Waals surface area contributed by atoms with Crippen molar-refractivity contribution in [3.63, 3.8) is 0 Å². The van der Waals surface area contributed by atoms with E-state index in [9.17, 15) is 18.8 Å². The molecule has 1 aromatic rings. The monoisotopic (exact) mass is 404 g/mol. The van der Waals surface area contributed by atoms with Gasteiger partial charge >= 0.3 is 5.97 Å². The largest absolute Gasteiger partial charge is 0.493 e. The van der Waals surface area contributed by atoms with Crippen LogP contribution in [0.5, 0.6) is 5.75 Å². The van der Waals surface area contributed by atoms with Gasteiger partial charge in [0.25, 0.3) is 0 Å². The Morgan fingerprint density at radius 3 is 2.62 bits per heavy atom. The fraction of sp³-hybridized carbons (Fsp3) is 0.429. The Bertz CT molecular complexity index is 929. The molecule has 0 saturated heterocycles. The molecular weight excluding hydrogens is 382 g/mol. The summed E-state index contributed by atoms with van der Waals surface area (Å²) in [4.78, 5) is 13.0. The van der Waals surface area contributed by atoms with E-state index in [0.29, 0.717) is 17.3 Å². The summed E-state index contributed by atoms with van der Waals surface area (Å²) in [5, 5.41) is 12.8. The van der Waals surface area contributed by atoms with E-state index in [-0.39, 0.29) is 35.7 Å². The molecule has 0 spiro atoms. The lowest BCUT2D eigenvalue weighted by molar-refractivity contribution is -0.140. The van der Waals surface area contributed by atoms with Gasteiger partial charge < -0.3 is 19.5 Å². The molecule has 3 rings (SSSR count). The number of allylic oxidation sites excluding steroid dienone is 2. The number of nitrogens with zero attached hydrogens (tertiary/aromatic N) is 1. The van der Waals surface area contributed by atoms with Crippen LogP contribution in [0.25, 0.3) is 0 Å². The highest BCUT2D eigenvalue weighted by Crippen LogP contribution is 2.43. The van der Waals surface area contributed by atoms with Crippen LogP contribution in [0.15, 0.2) is 34.7 Å². The highest BCUT2D eigenvalue weighted by Gasteiger charge is 2.38. The van der Waals surface area contributed by atoms with Gasteiger partial charge in [0.15, 0.2) is 11.6 Å². The number of nitriles is 1. The molecular formula is C21H22F2N2O4. The van der Waals surface area contributed by atoms with Crippen molar-refractivity contribution in [2.75, 3.05) is 27.4 Å². The van der Waals surface area contributed by atoms with E-state index >= 15 is 0 Å². The number of nitrogens with one attached hydrogen (secondary N) is 1. The number of benzene rings is 1. The van der Waals surface area contributed by atoms with Crippen molar-refractivity contribution in [3.8, 4) is 11.8 Å². The lowest BCUT2D eigenvalue weighted by Crippen LogP contribution is -2.32. The van der Waals surface area contributed by atoms with Gasteiger partial charge in [-0.3, -0.25) is 0 Å². The van der Waals surface area contributed by atoms with Crippen LogP contribution >= 0.6 is 0 Å². The summed E-state index contributed by atoms with van der Waals surface area (Å²) in [6.45, 7) is 1.99. The maximum Gasteiger partial charge on any atom is 0.336 e. The van der Waals surface area contributed by atoms with Gasteiger partial charge in [-0.15, -0.1) is 0 Å². The molecule has 1 aliphatic heterocycles. The topological polar surface area (TPSA) is 80.6 Å². The second-order valence-electron chi connectivity index (χ2n) is 7.06. The normalized spacial score (nSPS) is 19.0. The van der Waals surface area contributed by atoms with Gasteiger partial charge in [0, 0.05) is 18.4 Å². The molecule has 1 aromatic carbocycles. The fourth-order valence-corrected chi connectivity index (χ4v) is 3.39. The van der Waals surface area contributed by atoms with Gasteiger partial charge in [-0.2, -0.15) is 9.65 Å². The quantitative estimate of drug-likeness (QED) is 0.703. The standard InChI is InChI=1S/C21H22F2N2O4/c1-11-14(8-24)17(13-6-7-15(22)19(23)20(13)28-3)18(16(25-11)10-27-2)21(26)29-9-12-4-5-12/h6-7,12,17,25H,4-5,9-10H2,1-3H3. The average molecular weight is 404 g/mol. The highest BCUT2D eigenvalue weighted by atomic mass is 19.2. The fourth-order valence-electron chi connectivity index (χ4n) is 3.39. The molecule has 29 heavy (non-hydrogen) atoms. The lowest BCUT2D eigenvalue weighted by atomic mass is 9.80. The van der Waals surface area contributed by atoms with Crippen LogP contribution in [0.2, 0.25) is 0 Å². The molecule has 1 saturated carbocycles. The number of halogens is 2. The number of methoxy groups -OCH3 is 2. The predicted octanol–water partition coefficient (Wildman–Crippen LogP) is 3.31. The Labute approximate surface area is 167 Å². The van der Waals surface area contributed by atoms with Crippen LogP contribution in [0.3, 0.4) is 0 Å². The van der Waals surface area contributed by atoms with Gasteiger partial charge in [-0.1, -0.05) is 6.07 Å². The Morgan fingerprint density at radius 1 is 1.31 bits per heavy atom. The van der Waals surface area contributed by atoms with Crippen molar-refractivity contribution in [2.24, 2.45) is 5.92 Å². The summed E-state index contributed by atoms with van der Waals surface area (Å²) in [5.74, 6) is -3.90. The summed E-state index contributed by atoms with van der Waals surface area (Å²) < 4.78 is 43.9. The predicted molar refractivity (Wildman–Crippen MR) is 99.7 cm³/mol. The molecule has 2 aliphatic rings. The van der Waals surface area contributed by atoms with Crippen LogP contribution in [0, 0.1) is 28.9 Å². The van der Waals surface area contributed by atoms with E-state index in [4.69, 9.17) is 14.2 Å². The molecule has 0 aromatic heterocycles. The molecule has 6 nitrogen and oxygen atoms in total. The second kappa shape index (κ2) is 8.62.